The van der Waals surface area contributed by atoms with Crippen molar-refractivity contribution in [1.82, 2.24) is 10.2 Å². The Morgan fingerprint density at radius 3 is 2.38 bits per heavy atom. The maximum absolute atomic E-state index is 3.86. The van der Waals surface area contributed by atoms with Crippen LogP contribution in [0.1, 0.15) is 78.6 Å². The highest BCUT2D eigenvalue weighted by molar-refractivity contribution is 4.88. The Labute approximate surface area is 133 Å². The average Bonchev–Trinajstić information content (AvgIpc) is 3.05. The second-order valence-electron chi connectivity index (χ2n) is 7.43. The van der Waals surface area contributed by atoms with Gasteiger partial charge in [0.25, 0.3) is 0 Å². The van der Waals surface area contributed by atoms with Crippen LogP contribution >= 0.6 is 0 Å². The number of hydrogen-bond donors (Lipinski definition) is 1. The fourth-order valence-corrected chi connectivity index (χ4v) is 4.64. The number of hydrogen-bond acceptors (Lipinski definition) is 2. The molecule has 3 unspecified atom stereocenters. The molecular weight excluding hydrogens is 256 g/mol. The summed E-state index contributed by atoms with van der Waals surface area (Å²) in [6.07, 6.45) is 12.8. The molecular formula is C19H38N2. The van der Waals surface area contributed by atoms with Crippen LogP contribution in [0.3, 0.4) is 0 Å². The van der Waals surface area contributed by atoms with Gasteiger partial charge < -0.3 is 10.2 Å². The van der Waals surface area contributed by atoms with E-state index >= 15 is 0 Å². The molecule has 0 amide bonds. The van der Waals surface area contributed by atoms with Crippen molar-refractivity contribution in [3.63, 3.8) is 0 Å². The van der Waals surface area contributed by atoms with E-state index in [0.717, 1.165) is 23.9 Å². The molecule has 2 nitrogen and oxygen atoms in total. The molecule has 2 aliphatic carbocycles. The van der Waals surface area contributed by atoms with Crippen molar-refractivity contribution < 1.29 is 0 Å². The lowest BCUT2D eigenvalue weighted by Gasteiger charge is -2.40. The van der Waals surface area contributed by atoms with Gasteiger partial charge in [0.2, 0.25) is 0 Å². The summed E-state index contributed by atoms with van der Waals surface area (Å²) >= 11 is 0. The van der Waals surface area contributed by atoms with Crippen molar-refractivity contribution in [2.24, 2.45) is 11.8 Å². The van der Waals surface area contributed by atoms with E-state index in [1.807, 2.05) is 0 Å². The third-order valence-electron chi connectivity index (χ3n) is 6.04. The normalized spacial score (nSPS) is 31.1. The van der Waals surface area contributed by atoms with Crippen LogP contribution in [-0.4, -0.2) is 36.6 Å². The first-order valence-electron chi connectivity index (χ1n) is 9.75. The molecule has 0 aromatic heterocycles. The Kier molecular flexibility index (Phi) is 7.53. The van der Waals surface area contributed by atoms with E-state index in [1.165, 1.54) is 77.4 Å². The molecule has 3 atom stereocenters. The summed E-state index contributed by atoms with van der Waals surface area (Å²) < 4.78 is 0. The predicted molar refractivity (Wildman–Crippen MR) is 92.7 cm³/mol. The summed E-state index contributed by atoms with van der Waals surface area (Å²) in [6.45, 7) is 10.8. The molecule has 0 saturated heterocycles. The Bertz CT molecular complexity index is 273. The number of nitrogens with one attached hydrogen (secondary N) is 1. The summed E-state index contributed by atoms with van der Waals surface area (Å²) in [5.41, 5.74) is 0. The highest BCUT2D eigenvalue weighted by Gasteiger charge is 2.32. The second kappa shape index (κ2) is 9.15. The van der Waals surface area contributed by atoms with E-state index in [1.54, 1.807) is 0 Å². The molecule has 0 radical (unpaired) electrons. The van der Waals surface area contributed by atoms with Crippen LogP contribution in [0.15, 0.2) is 0 Å². The van der Waals surface area contributed by atoms with Crippen molar-refractivity contribution in [3.8, 4) is 0 Å². The lowest BCUT2D eigenvalue weighted by atomic mass is 9.76. The number of nitrogens with zero attached hydrogens (tertiary/aromatic N) is 1. The van der Waals surface area contributed by atoms with Crippen molar-refractivity contribution >= 4 is 0 Å². The SMILES string of the molecule is CCCNC1CCC(CC)CC1CN(CC)C1CCCC1. The summed E-state index contributed by atoms with van der Waals surface area (Å²) in [6, 6.07) is 1.67. The molecule has 21 heavy (non-hydrogen) atoms. The molecule has 0 aromatic carbocycles. The van der Waals surface area contributed by atoms with Gasteiger partial charge in [-0.05, 0) is 63.5 Å². The first-order valence-corrected chi connectivity index (χ1v) is 9.75. The molecule has 0 bridgehead atoms. The molecule has 2 aliphatic rings. The zero-order valence-corrected chi connectivity index (χ0v) is 14.7. The maximum atomic E-state index is 3.86. The summed E-state index contributed by atoms with van der Waals surface area (Å²) in [5, 5.41) is 3.86. The van der Waals surface area contributed by atoms with Gasteiger partial charge in [-0.1, -0.05) is 40.0 Å². The molecule has 2 saturated carbocycles. The minimum absolute atomic E-state index is 0.781. The summed E-state index contributed by atoms with van der Waals surface area (Å²) in [5.74, 6) is 1.87. The molecule has 2 fully saturated rings. The third-order valence-corrected chi connectivity index (χ3v) is 6.04. The Hall–Kier alpha value is -0.0800. The molecule has 0 heterocycles. The van der Waals surface area contributed by atoms with Crippen LogP contribution in [0.25, 0.3) is 0 Å². The highest BCUT2D eigenvalue weighted by atomic mass is 15.2. The average molecular weight is 295 g/mol. The molecule has 2 rings (SSSR count). The van der Waals surface area contributed by atoms with Crippen molar-refractivity contribution in [1.29, 1.82) is 0 Å². The fourth-order valence-electron chi connectivity index (χ4n) is 4.64. The van der Waals surface area contributed by atoms with E-state index in [-0.39, 0.29) is 0 Å². The van der Waals surface area contributed by atoms with Crippen LogP contribution in [0.4, 0.5) is 0 Å². The Morgan fingerprint density at radius 2 is 1.76 bits per heavy atom. The summed E-state index contributed by atoms with van der Waals surface area (Å²) in [7, 11) is 0. The molecule has 0 spiro atoms. The van der Waals surface area contributed by atoms with E-state index in [0.29, 0.717) is 0 Å². The molecule has 0 aliphatic heterocycles. The van der Waals surface area contributed by atoms with Crippen LogP contribution in [0.2, 0.25) is 0 Å². The van der Waals surface area contributed by atoms with Crippen LogP contribution in [0.5, 0.6) is 0 Å². The molecule has 124 valence electrons. The quantitative estimate of drug-likeness (QED) is 0.711. The minimum atomic E-state index is 0.781. The van der Waals surface area contributed by atoms with Gasteiger partial charge >= 0.3 is 0 Å². The highest BCUT2D eigenvalue weighted by Crippen LogP contribution is 2.33. The van der Waals surface area contributed by atoms with Gasteiger partial charge in [0.15, 0.2) is 0 Å². The first-order chi connectivity index (χ1) is 10.3. The molecule has 1 N–H and O–H groups in total. The second-order valence-corrected chi connectivity index (χ2v) is 7.43. The maximum Gasteiger partial charge on any atom is 0.0108 e. The monoisotopic (exact) mass is 294 g/mol. The summed E-state index contributed by atoms with van der Waals surface area (Å²) in [4.78, 5) is 2.82. The van der Waals surface area contributed by atoms with Crippen molar-refractivity contribution in [2.45, 2.75) is 90.6 Å². The van der Waals surface area contributed by atoms with E-state index in [2.05, 4.69) is 31.0 Å². The smallest absolute Gasteiger partial charge is 0.0108 e. The van der Waals surface area contributed by atoms with Gasteiger partial charge in [0, 0.05) is 18.6 Å². The van der Waals surface area contributed by atoms with Gasteiger partial charge in [-0.25, -0.2) is 0 Å². The van der Waals surface area contributed by atoms with E-state index in [4.69, 9.17) is 0 Å². The number of rotatable bonds is 8. The molecule has 0 aromatic rings. The van der Waals surface area contributed by atoms with Crippen LogP contribution < -0.4 is 5.32 Å². The standard InChI is InChI=1S/C19H38N2/c1-4-13-20-19-12-11-16(5-2)14-17(19)15-21(6-3)18-9-7-8-10-18/h16-20H,4-15H2,1-3H3. The Balaban J connectivity index is 1.92. The van der Waals surface area contributed by atoms with Crippen molar-refractivity contribution in [2.75, 3.05) is 19.6 Å². The Morgan fingerprint density at radius 1 is 1.00 bits per heavy atom. The fraction of sp³-hybridized carbons (Fsp3) is 1.00. The minimum Gasteiger partial charge on any atom is -0.314 e. The largest absolute Gasteiger partial charge is 0.314 e. The van der Waals surface area contributed by atoms with E-state index < -0.39 is 0 Å². The van der Waals surface area contributed by atoms with Gasteiger partial charge in [-0.2, -0.15) is 0 Å². The zero-order valence-electron chi connectivity index (χ0n) is 14.7. The lowest BCUT2D eigenvalue weighted by Crippen LogP contribution is -2.48. The third kappa shape index (κ3) is 4.96. The van der Waals surface area contributed by atoms with Crippen LogP contribution in [0, 0.1) is 11.8 Å². The topological polar surface area (TPSA) is 15.3 Å². The first kappa shape index (κ1) is 17.3. The van der Waals surface area contributed by atoms with Gasteiger partial charge in [-0.3, -0.25) is 0 Å². The molecule has 2 heteroatoms. The lowest BCUT2D eigenvalue weighted by molar-refractivity contribution is 0.114. The van der Waals surface area contributed by atoms with Gasteiger partial charge in [0.05, 0.1) is 0 Å². The van der Waals surface area contributed by atoms with Crippen LogP contribution in [-0.2, 0) is 0 Å². The predicted octanol–water partition coefficient (Wildman–Crippen LogP) is 4.45. The van der Waals surface area contributed by atoms with E-state index in [9.17, 15) is 0 Å². The van der Waals surface area contributed by atoms with Gasteiger partial charge in [0.1, 0.15) is 0 Å². The van der Waals surface area contributed by atoms with Crippen molar-refractivity contribution in [3.05, 3.63) is 0 Å². The van der Waals surface area contributed by atoms with Gasteiger partial charge in [-0.15, -0.1) is 0 Å². The zero-order chi connectivity index (χ0) is 15.1.